The van der Waals surface area contributed by atoms with Crippen LogP contribution in [0.5, 0.6) is 0 Å². The van der Waals surface area contributed by atoms with E-state index in [-0.39, 0.29) is 0 Å². The Hall–Kier alpha value is 0.996. The molecule has 0 unspecified atom stereocenters. The Morgan fingerprint density at radius 3 is 0.600 bits per heavy atom. The Morgan fingerprint density at radius 2 is 0.600 bits per heavy atom. The SMILES string of the molecule is [O]=[Sb]([OH])([OH])[OH].[O]=[Sb]([OH])([OH])[OH]. The first-order valence-electron chi connectivity index (χ1n) is 1.57. The zero-order chi connectivity index (χ0) is 9.00. The van der Waals surface area contributed by atoms with E-state index in [0.717, 1.165) is 0 Å². The molecule has 6 N–H and O–H groups in total. The summed E-state index contributed by atoms with van der Waals surface area (Å²) >= 11 is -10.7. The fourth-order valence-corrected chi connectivity index (χ4v) is 0. The van der Waals surface area contributed by atoms with E-state index in [0.29, 0.717) is 0 Å². The fraction of sp³-hybridized carbons (Fsp3) is 0. The van der Waals surface area contributed by atoms with E-state index in [2.05, 4.69) is 0 Å². The van der Waals surface area contributed by atoms with Crippen LogP contribution in [0.2, 0.25) is 0 Å². The molecule has 64 valence electrons. The van der Waals surface area contributed by atoms with E-state index in [1.165, 1.54) is 0 Å². The van der Waals surface area contributed by atoms with Crippen molar-refractivity contribution in [2.75, 3.05) is 0 Å². The first-order chi connectivity index (χ1) is 4.00. The van der Waals surface area contributed by atoms with Crippen molar-refractivity contribution in [3.05, 3.63) is 0 Å². The van der Waals surface area contributed by atoms with Crippen molar-refractivity contribution in [2.24, 2.45) is 0 Å². The molecule has 0 spiro atoms. The minimum absolute atomic E-state index is 5.35. The zero-order valence-electron chi connectivity index (χ0n) is 4.39. The molecular weight excluding hydrogens is 372 g/mol. The molecule has 0 radical (unpaired) electrons. The predicted octanol–water partition coefficient (Wildman–Crippen LogP) is -4.34. The third-order valence-electron chi connectivity index (χ3n) is 0. The number of rotatable bonds is 0. The Labute approximate surface area is 66.1 Å². The van der Waals surface area contributed by atoms with Gasteiger partial charge in [-0.1, -0.05) is 0 Å². The summed E-state index contributed by atoms with van der Waals surface area (Å²) in [6.45, 7) is 0. The van der Waals surface area contributed by atoms with Crippen molar-refractivity contribution < 1.29 is 26.3 Å². The Balaban J connectivity index is 0. The second-order valence-electron chi connectivity index (χ2n) is 1.03. The van der Waals surface area contributed by atoms with Gasteiger partial charge in [-0.2, -0.15) is 0 Å². The summed E-state index contributed by atoms with van der Waals surface area (Å²) in [4.78, 5) is 0. The second kappa shape index (κ2) is 4.79. The van der Waals surface area contributed by atoms with Gasteiger partial charge in [0.2, 0.25) is 0 Å². The van der Waals surface area contributed by atoms with Crippen LogP contribution in [0.4, 0.5) is 0 Å². The van der Waals surface area contributed by atoms with Crippen molar-refractivity contribution in [1.29, 1.82) is 0 Å². The van der Waals surface area contributed by atoms with Crippen LogP contribution in [-0.4, -0.2) is 60.4 Å². The molecule has 0 aromatic rings. The van der Waals surface area contributed by atoms with Crippen LogP contribution in [-0.2, 0) is 6.03 Å². The standard InChI is InChI=1S/6H2O.2O.2Sb/h6*1H2;;;;/q;;;;;;;;2*+3/p-6. The molecule has 0 saturated heterocycles. The molecule has 0 saturated carbocycles. The summed E-state index contributed by atoms with van der Waals surface area (Å²) in [5.74, 6) is 0. The first kappa shape index (κ1) is 13.6. The van der Waals surface area contributed by atoms with Gasteiger partial charge in [0.25, 0.3) is 0 Å². The third-order valence-corrected chi connectivity index (χ3v) is 0. The zero-order valence-corrected chi connectivity index (χ0v) is 9.50. The molecule has 0 heterocycles. The van der Waals surface area contributed by atoms with Crippen molar-refractivity contribution in [3.63, 3.8) is 0 Å². The van der Waals surface area contributed by atoms with Gasteiger partial charge in [0.15, 0.2) is 0 Å². The molecule has 0 bridgehead atoms. The van der Waals surface area contributed by atoms with Gasteiger partial charge in [0, 0.05) is 0 Å². The molecule has 0 amide bonds. The van der Waals surface area contributed by atoms with Crippen LogP contribution in [0, 0.1) is 0 Å². The van der Waals surface area contributed by atoms with Crippen molar-refractivity contribution in [3.8, 4) is 0 Å². The average Bonchev–Trinajstić information content (AvgIpc) is 1.12. The van der Waals surface area contributed by atoms with Crippen LogP contribution in [0.3, 0.4) is 0 Å². The molecule has 0 aromatic carbocycles. The quantitative estimate of drug-likeness (QED) is 0.231. The average molecular weight is 378 g/mol. The van der Waals surface area contributed by atoms with Gasteiger partial charge in [-0.05, 0) is 0 Å². The molecule has 0 fully saturated rings. The minimum atomic E-state index is -5.35. The van der Waals surface area contributed by atoms with Gasteiger partial charge >= 0.3 is 66.5 Å². The van der Waals surface area contributed by atoms with Gasteiger partial charge in [-0.3, -0.25) is 0 Å². The van der Waals surface area contributed by atoms with Gasteiger partial charge in [-0.15, -0.1) is 0 Å². The summed E-state index contributed by atoms with van der Waals surface area (Å²) < 4.78 is 61.6. The second-order valence-corrected chi connectivity index (χ2v) is 6.89. The molecule has 10 heavy (non-hydrogen) atoms. The molecule has 0 aliphatic rings. The summed E-state index contributed by atoms with van der Waals surface area (Å²) in [6, 6.07) is 0. The van der Waals surface area contributed by atoms with Crippen LogP contribution in [0.15, 0.2) is 0 Å². The van der Waals surface area contributed by atoms with Gasteiger partial charge in [-0.25, -0.2) is 0 Å². The molecular formula is H6O8Sb2. The van der Waals surface area contributed by atoms with E-state index < -0.39 is 40.1 Å². The third kappa shape index (κ3) is 579. The normalized spacial score (nSPS) is 11.8. The van der Waals surface area contributed by atoms with E-state index >= 15 is 0 Å². The summed E-state index contributed by atoms with van der Waals surface area (Å²) in [5, 5.41) is 0. The van der Waals surface area contributed by atoms with Gasteiger partial charge in [0.1, 0.15) is 0 Å². The van der Waals surface area contributed by atoms with E-state index in [1.807, 2.05) is 0 Å². The van der Waals surface area contributed by atoms with Crippen LogP contribution >= 0.6 is 0 Å². The molecule has 8 nitrogen and oxygen atoms in total. The molecule has 0 rings (SSSR count). The molecule has 0 aromatic heterocycles. The van der Waals surface area contributed by atoms with Gasteiger partial charge in [0.05, 0.1) is 0 Å². The predicted molar refractivity (Wildman–Crippen MR) is 26.2 cm³/mol. The molecule has 0 atom stereocenters. The first-order valence-corrected chi connectivity index (χ1v) is 10.5. The van der Waals surface area contributed by atoms with Crippen LogP contribution < -0.4 is 0 Å². The Bertz CT molecular complexity index is 120. The van der Waals surface area contributed by atoms with Crippen LogP contribution in [0.1, 0.15) is 0 Å². The molecule has 0 aliphatic heterocycles. The number of hydrogen-bond donors (Lipinski definition) is 6. The topological polar surface area (TPSA) is 156 Å². The van der Waals surface area contributed by atoms with Crippen molar-refractivity contribution in [2.45, 2.75) is 0 Å². The van der Waals surface area contributed by atoms with Gasteiger partial charge < -0.3 is 0 Å². The monoisotopic (exact) mass is 376 g/mol. The Kier molecular flexibility index (Phi) is 6.50. The molecule has 10 heteroatoms. The summed E-state index contributed by atoms with van der Waals surface area (Å²) in [7, 11) is 0. The maximum absolute atomic E-state index is 8.97. The molecule has 0 aliphatic carbocycles. The van der Waals surface area contributed by atoms with E-state index in [9.17, 15) is 0 Å². The van der Waals surface area contributed by atoms with E-state index in [1.54, 1.807) is 0 Å². The Morgan fingerprint density at radius 1 is 0.600 bits per heavy atom. The fourth-order valence-electron chi connectivity index (χ4n) is 0. The van der Waals surface area contributed by atoms with Crippen molar-refractivity contribution >= 4 is 40.1 Å². The van der Waals surface area contributed by atoms with E-state index in [4.69, 9.17) is 26.3 Å². The summed E-state index contributed by atoms with van der Waals surface area (Å²) in [5.41, 5.74) is 0. The van der Waals surface area contributed by atoms with Crippen molar-refractivity contribution in [1.82, 2.24) is 0 Å². The number of hydrogen-bond acceptors (Lipinski definition) is 2. The summed E-state index contributed by atoms with van der Waals surface area (Å²) in [6.07, 6.45) is 0. The maximum atomic E-state index is 8.97. The van der Waals surface area contributed by atoms with Crippen LogP contribution in [0.25, 0.3) is 0 Å².